The largest absolute Gasteiger partial charge is 0.489 e. The van der Waals surface area contributed by atoms with Crippen molar-refractivity contribution in [2.45, 2.75) is 20.5 Å². The SMILES string of the molecule is Cc1cc(C)c(OCc2ccccc2Br)cc1N. The number of benzene rings is 2. The van der Waals surface area contributed by atoms with Crippen LogP contribution in [0.15, 0.2) is 40.9 Å². The maximum atomic E-state index is 5.90. The summed E-state index contributed by atoms with van der Waals surface area (Å²) < 4.78 is 6.89. The molecule has 2 rings (SSSR count). The molecule has 2 aromatic carbocycles. The van der Waals surface area contributed by atoms with Crippen LogP contribution in [-0.2, 0) is 6.61 Å². The highest BCUT2D eigenvalue weighted by molar-refractivity contribution is 9.10. The number of nitrogens with two attached hydrogens (primary N) is 1. The molecule has 0 aromatic heterocycles. The Bertz CT molecular complexity index is 566. The molecule has 0 fully saturated rings. The van der Waals surface area contributed by atoms with Crippen LogP contribution >= 0.6 is 15.9 Å². The fraction of sp³-hybridized carbons (Fsp3) is 0.200. The van der Waals surface area contributed by atoms with Gasteiger partial charge in [-0.25, -0.2) is 0 Å². The van der Waals surface area contributed by atoms with E-state index in [1.807, 2.05) is 50.2 Å². The predicted molar refractivity (Wildman–Crippen MR) is 78.8 cm³/mol. The molecule has 0 heterocycles. The van der Waals surface area contributed by atoms with Crippen LogP contribution in [0.25, 0.3) is 0 Å². The lowest BCUT2D eigenvalue weighted by Crippen LogP contribution is -2.00. The number of halogens is 1. The van der Waals surface area contributed by atoms with Crippen molar-refractivity contribution >= 4 is 21.6 Å². The molecule has 0 amide bonds. The summed E-state index contributed by atoms with van der Waals surface area (Å²) in [6, 6.07) is 12.0. The molecule has 0 saturated carbocycles. The Morgan fingerprint density at radius 3 is 2.56 bits per heavy atom. The van der Waals surface area contributed by atoms with E-state index in [0.717, 1.165) is 32.6 Å². The zero-order valence-electron chi connectivity index (χ0n) is 10.5. The first kappa shape index (κ1) is 13.0. The maximum absolute atomic E-state index is 5.90. The van der Waals surface area contributed by atoms with Crippen LogP contribution in [0.1, 0.15) is 16.7 Å². The van der Waals surface area contributed by atoms with Gasteiger partial charge in [0.05, 0.1) is 0 Å². The van der Waals surface area contributed by atoms with Crippen LogP contribution in [0.4, 0.5) is 5.69 Å². The normalized spacial score (nSPS) is 10.4. The fourth-order valence-corrected chi connectivity index (χ4v) is 2.17. The number of hydrogen-bond donors (Lipinski definition) is 1. The van der Waals surface area contributed by atoms with Gasteiger partial charge in [0.15, 0.2) is 0 Å². The third-order valence-electron chi connectivity index (χ3n) is 2.90. The van der Waals surface area contributed by atoms with Gasteiger partial charge in [0.2, 0.25) is 0 Å². The molecule has 0 aliphatic rings. The molecule has 18 heavy (non-hydrogen) atoms. The Balaban J connectivity index is 2.16. The maximum Gasteiger partial charge on any atom is 0.124 e. The van der Waals surface area contributed by atoms with Crippen LogP contribution in [0.3, 0.4) is 0 Å². The van der Waals surface area contributed by atoms with Crippen molar-refractivity contribution in [1.29, 1.82) is 0 Å². The number of rotatable bonds is 3. The van der Waals surface area contributed by atoms with Gasteiger partial charge < -0.3 is 10.5 Å². The van der Waals surface area contributed by atoms with Gasteiger partial charge in [-0.05, 0) is 31.0 Å². The summed E-state index contributed by atoms with van der Waals surface area (Å²) in [5.41, 5.74) is 9.98. The molecule has 0 atom stereocenters. The second kappa shape index (κ2) is 5.44. The summed E-state index contributed by atoms with van der Waals surface area (Å²) in [5, 5.41) is 0. The van der Waals surface area contributed by atoms with Crippen LogP contribution in [0, 0.1) is 13.8 Å². The first-order chi connectivity index (χ1) is 8.58. The van der Waals surface area contributed by atoms with Crippen LogP contribution in [0.2, 0.25) is 0 Å². The Kier molecular flexibility index (Phi) is 3.92. The van der Waals surface area contributed by atoms with Crippen molar-refractivity contribution in [1.82, 2.24) is 0 Å². The molecule has 0 aliphatic carbocycles. The summed E-state index contributed by atoms with van der Waals surface area (Å²) in [6.07, 6.45) is 0. The summed E-state index contributed by atoms with van der Waals surface area (Å²) in [5.74, 6) is 0.842. The van der Waals surface area contributed by atoms with E-state index in [9.17, 15) is 0 Å². The Morgan fingerprint density at radius 1 is 1.11 bits per heavy atom. The second-order valence-electron chi connectivity index (χ2n) is 4.35. The first-order valence-electron chi connectivity index (χ1n) is 5.81. The van der Waals surface area contributed by atoms with Crippen molar-refractivity contribution in [2.75, 3.05) is 5.73 Å². The Morgan fingerprint density at radius 2 is 1.83 bits per heavy atom. The van der Waals surface area contributed by atoms with E-state index >= 15 is 0 Å². The zero-order chi connectivity index (χ0) is 13.1. The van der Waals surface area contributed by atoms with Crippen LogP contribution in [-0.4, -0.2) is 0 Å². The van der Waals surface area contributed by atoms with E-state index in [-0.39, 0.29) is 0 Å². The zero-order valence-corrected chi connectivity index (χ0v) is 12.1. The standard InChI is InChI=1S/C15H16BrNO/c1-10-7-11(2)15(8-14(10)17)18-9-12-5-3-4-6-13(12)16/h3-8H,9,17H2,1-2H3. The number of nitrogen functional groups attached to an aromatic ring is 1. The van der Waals surface area contributed by atoms with E-state index in [2.05, 4.69) is 15.9 Å². The molecule has 94 valence electrons. The quantitative estimate of drug-likeness (QED) is 0.861. The third kappa shape index (κ3) is 2.85. The average Bonchev–Trinajstić information content (AvgIpc) is 2.34. The number of anilines is 1. The van der Waals surface area contributed by atoms with Crippen LogP contribution in [0.5, 0.6) is 5.75 Å². The molecule has 0 aliphatic heterocycles. The molecular formula is C15H16BrNO. The monoisotopic (exact) mass is 305 g/mol. The van der Waals surface area contributed by atoms with Crippen LogP contribution < -0.4 is 10.5 Å². The summed E-state index contributed by atoms with van der Waals surface area (Å²) >= 11 is 3.51. The molecule has 3 heteroatoms. The summed E-state index contributed by atoms with van der Waals surface area (Å²) in [7, 11) is 0. The number of aryl methyl sites for hydroxylation is 2. The van der Waals surface area contributed by atoms with E-state index in [1.54, 1.807) is 0 Å². The highest BCUT2D eigenvalue weighted by Gasteiger charge is 2.05. The van der Waals surface area contributed by atoms with Gasteiger partial charge in [-0.2, -0.15) is 0 Å². The van der Waals surface area contributed by atoms with Crippen molar-refractivity contribution in [3.8, 4) is 5.75 Å². The van der Waals surface area contributed by atoms with Crippen molar-refractivity contribution in [2.24, 2.45) is 0 Å². The van der Waals surface area contributed by atoms with E-state index in [4.69, 9.17) is 10.5 Å². The molecule has 2 nitrogen and oxygen atoms in total. The predicted octanol–water partition coefficient (Wildman–Crippen LogP) is 4.23. The lowest BCUT2D eigenvalue weighted by Gasteiger charge is -2.12. The van der Waals surface area contributed by atoms with Gasteiger partial charge in [0.1, 0.15) is 12.4 Å². The number of ether oxygens (including phenoxy) is 1. The van der Waals surface area contributed by atoms with Gasteiger partial charge in [0, 0.05) is 21.8 Å². The summed E-state index contributed by atoms with van der Waals surface area (Å²) in [4.78, 5) is 0. The molecular weight excluding hydrogens is 290 g/mol. The minimum absolute atomic E-state index is 0.533. The fourth-order valence-electron chi connectivity index (χ4n) is 1.77. The number of hydrogen-bond acceptors (Lipinski definition) is 2. The lowest BCUT2D eigenvalue weighted by molar-refractivity contribution is 0.303. The van der Waals surface area contributed by atoms with E-state index < -0.39 is 0 Å². The highest BCUT2D eigenvalue weighted by atomic mass is 79.9. The molecule has 2 N–H and O–H groups in total. The molecule has 0 spiro atoms. The topological polar surface area (TPSA) is 35.2 Å². The average molecular weight is 306 g/mol. The molecule has 0 radical (unpaired) electrons. The van der Waals surface area contributed by atoms with Gasteiger partial charge in [-0.3, -0.25) is 0 Å². The van der Waals surface area contributed by atoms with Gasteiger partial charge >= 0.3 is 0 Å². The van der Waals surface area contributed by atoms with E-state index in [0.29, 0.717) is 6.61 Å². The molecule has 2 aromatic rings. The molecule has 0 saturated heterocycles. The highest BCUT2D eigenvalue weighted by Crippen LogP contribution is 2.26. The second-order valence-corrected chi connectivity index (χ2v) is 5.21. The lowest BCUT2D eigenvalue weighted by atomic mass is 10.1. The molecule has 0 bridgehead atoms. The van der Waals surface area contributed by atoms with E-state index in [1.165, 1.54) is 0 Å². The van der Waals surface area contributed by atoms with Gasteiger partial charge in [0.25, 0.3) is 0 Å². The van der Waals surface area contributed by atoms with Crippen molar-refractivity contribution in [3.05, 3.63) is 57.6 Å². The Hall–Kier alpha value is -1.48. The third-order valence-corrected chi connectivity index (χ3v) is 3.68. The van der Waals surface area contributed by atoms with Crippen molar-refractivity contribution in [3.63, 3.8) is 0 Å². The van der Waals surface area contributed by atoms with Gasteiger partial charge in [-0.15, -0.1) is 0 Å². The minimum atomic E-state index is 0.533. The first-order valence-corrected chi connectivity index (χ1v) is 6.60. The van der Waals surface area contributed by atoms with Gasteiger partial charge in [-0.1, -0.05) is 40.2 Å². The minimum Gasteiger partial charge on any atom is -0.489 e. The smallest absolute Gasteiger partial charge is 0.124 e. The summed E-state index contributed by atoms with van der Waals surface area (Å²) in [6.45, 7) is 4.56. The Labute approximate surface area is 116 Å². The molecule has 0 unspecified atom stereocenters. The van der Waals surface area contributed by atoms with Crippen molar-refractivity contribution < 1.29 is 4.74 Å².